The van der Waals surface area contributed by atoms with Gasteiger partial charge in [0.05, 0.1) is 0 Å². The highest BCUT2D eigenvalue weighted by Gasteiger charge is 2.05. The average Bonchev–Trinajstić information content (AvgIpc) is 3.20. The molecule has 0 spiro atoms. The molecule has 0 aliphatic carbocycles. The van der Waals surface area contributed by atoms with Crippen LogP contribution < -0.4 is 0 Å². The highest BCUT2D eigenvalue weighted by atomic mass is 15.1. The predicted octanol–water partition coefficient (Wildman–Crippen LogP) is 18.1. The molecule has 314 valence electrons. The van der Waals surface area contributed by atoms with Gasteiger partial charge in [-0.3, -0.25) is 0 Å². The van der Waals surface area contributed by atoms with E-state index >= 15 is 0 Å². The number of unbranched alkanes of at least 4 members (excludes halogenated alkanes) is 18. The lowest BCUT2D eigenvalue weighted by molar-refractivity contribution is 0.254. The van der Waals surface area contributed by atoms with Crippen LogP contribution in [0.4, 0.5) is 0 Å². The van der Waals surface area contributed by atoms with E-state index in [0.717, 1.165) is 57.8 Å². The van der Waals surface area contributed by atoms with Crippen LogP contribution in [0.5, 0.6) is 0 Å². The van der Waals surface area contributed by atoms with Crippen molar-refractivity contribution in [3.8, 4) is 0 Å². The molecule has 0 rings (SSSR count). The first-order valence-corrected chi connectivity index (χ1v) is 23.9. The third kappa shape index (κ3) is 47.7. The van der Waals surface area contributed by atoms with Gasteiger partial charge in [-0.2, -0.15) is 0 Å². The second kappa shape index (κ2) is 49.6. The number of allylic oxidation sites excluding steroid dienone is 18. The van der Waals surface area contributed by atoms with Gasteiger partial charge >= 0.3 is 0 Å². The van der Waals surface area contributed by atoms with E-state index in [-0.39, 0.29) is 0 Å². The van der Waals surface area contributed by atoms with Crippen LogP contribution in [0.25, 0.3) is 0 Å². The number of hydrogen-bond donors (Lipinski definition) is 0. The lowest BCUT2D eigenvalue weighted by Gasteiger charge is -2.22. The van der Waals surface area contributed by atoms with Gasteiger partial charge in [0.2, 0.25) is 0 Å². The summed E-state index contributed by atoms with van der Waals surface area (Å²) in [6, 6.07) is 0. The van der Waals surface area contributed by atoms with Crippen LogP contribution >= 0.6 is 0 Å². The third-order valence-corrected chi connectivity index (χ3v) is 10.1. The SMILES string of the molecule is CC/C=C\C/C=C\C/C=C\CCCCCCCCN(CCCCCCCC/C=C\C/C=C\C/C=C\CC)CCCCCCCC/C=C\C/C=C\C/C=C\CC. The van der Waals surface area contributed by atoms with Gasteiger partial charge in [0.1, 0.15) is 0 Å². The maximum Gasteiger partial charge on any atom is -0.00187 e. The van der Waals surface area contributed by atoms with Crippen molar-refractivity contribution in [2.45, 2.75) is 213 Å². The highest BCUT2D eigenvalue weighted by molar-refractivity contribution is 4.99. The van der Waals surface area contributed by atoms with Crippen molar-refractivity contribution in [1.29, 1.82) is 0 Å². The Morgan fingerprint density at radius 3 is 0.673 bits per heavy atom. The number of nitrogens with zero attached hydrogens (tertiary/aromatic N) is 1. The minimum atomic E-state index is 1.07. The van der Waals surface area contributed by atoms with Gasteiger partial charge in [-0.25, -0.2) is 0 Å². The normalized spacial score (nSPS) is 13.1. The summed E-state index contributed by atoms with van der Waals surface area (Å²) in [6.45, 7) is 10.5. The maximum absolute atomic E-state index is 2.83. The summed E-state index contributed by atoms with van der Waals surface area (Å²) in [5, 5.41) is 0. The van der Waals surface area contributed by atoms with Crippen LogP contribution in [0, 0.1) is 0 Å². The molecular weight excluding hydrogens is 663 g/mol. The topological polar surface area (TPSA) is 3.24 Å². The van der Waals surface area contributed by atoms with Crippen LogP contribution in [-0.4, -0.2) is 24.5 Å². The Balaban J connectivity index is 4.16. The van der Waals surface area contributed by atoms with E-state index in [0.29, 0.717) is 0 Å². The van der Waals surface area contributed by atoms with Gasteiger partial charge in [0, 0.05) is 0 Å². The Bertz CT molecular complexity index is 870. The molecule has 0 aromatic heterocycles. The summed E-state index contributed by atoms with van der Waals surface area (Å²) < 4.78 is 0. The Morgan fingerprint density at radius 2 is 0.418 bits per heavy atom. The van der Waals surface area contributed by atoms with E-state index in [1.54, 1.807) is 0 Å². The molecule has 0 N–H and O–H groups in total. The highest BCUT2D eigenvalue weighted by Crippen LogP contribution is 2.13. The molecule has 0 aromatic carbocycles. The van der Waals surface area contributed by atoms with Crippen molar-refractivity contribution < 1.29 is 0 Å². The molecule has 0 aliphatic rings. The second-order valence-corrected chi connectivity index (χ2v) is 15.5. The molecule has 0 bridgehead atoms. The Morgan fingerprint density at radius 1 is 0.218 bits per heavy atom. The predicted molar refractivity (Wildman–Crippen MR) is 254 cm³/mol. The standard InChI is InChI=1S/C54H93N/c1-4-7-10-13-16-19-22-25-28-31-34-37-40-43-46-49-52-55(53-50-47-44-41-38-35-32-29-26-23-20-17-14-11-8-5-2)54-51-48-45-42-39-36-33-30-27-24-21-18-15-12-9-6-3/h7-12,16-21,25-30H,4-6,13-15,22-24,31-54H2,1-3H3/b10-7-,11-8-,12-9-,19-16-,20-17-,21-18-,28-25-,29-26-,30-27-. The van der Waals surface area contributed by atoms with Crippen molar-refractivity contribution in [3.63, 3.8) is 0 Å². The molecule has 0 radical (unpaired) electrons. The van der Waals surface area contributed by atoms with E-state index in [2.05, 4.69) is 135 Å². The van der Waals surface area contributed by atoms with E-state index in [4.69, 9.17) is 0 Å². The molecule has 0 heterocycles. The average molecular weight is 756 g/mol. The zero-order valence-corrected chi connectivity index (χ0v) is 37.2. The molecule has 0 saturated heterocycles. The van der Waals surface area contributed by atoms with Gasteiger partial charge in [0.25, 0.3) is 0 Å². The zero-order valence-electron chi connectivity index (χ0n) is 37.2. The fraction of sp³-hybridized carbons (Fsp3) is 0.667. The Hall–Kier alpha value is -2.38. The first-order chi connectivity index (χ1) is 27.3. The zero-order chi connectivity index (χ0) is 39.6. The largest absolute Gasteiger partial charge is 0.303 e. The fourth-order valence-corrected chi connectivity index (χ4v) is 6.73. The summed E-state index contributed by atoms with van der Waals surface area (Å²) in [6.07, 6.45) is 80.1. The first-order valence-electron chi connectivity index (χ1n) is 23.9. The monoisotopic (exact) mass is 756 g/mol. The van der Waals surface area contributed by atoms with Crippen molar-refractivity contribution in [1.82, 2.24) is 4.90 Å². The summed E-state index contributed by atoms with van der Waals surface area (Å²) in [5.74, 6) is 0. The van der Waals surface area contributed by atoms with E-state index < -0.39 is 0 Å². The van der Waals surface area contributed by atoms with Crippen molar-refractivity contribution in [2.24, 2.45) is 0 Å². The van der Waals surface area contributed by atoms with Crippen molar-refractivity contribution >= 4 is 0 Å². The van der Waals surface area contributed by atoms with Crippen LogP contribution in [0.3, 0.4) is 0 Å². The van der Waals surface area contributed by atoms with Crippen molar-refractivity contribution in [2.75, 3.05) is 19.6 Å². The van der Waals surface area contributed by atoms with Crippen LogP contribution in [0.2, 0.25) is 0 Å². The minimum absolute atomic E-state index is 1.07. The van der Waals surface area contributed by atoms with Gasteiger partial charge in [-0.05, 0) is 135 Å². The minimum Gasteiger partial charge on any atom is -0.303 e. The Labute approximate surface area is 346 Å². The molecule has 1 heteroatoms. The summed E-state index contributed by atoms with van der Waals surface area (Å²) >= 11 is 0. The molecular formula is C54H93N. The second-order valence-electron chi connectivity index (χ2n) is 15.5. The van der Waals surface area contributed by atoms with Gasteiger partial charge in [-0.1, -0.05) is 207 Å². The number of hydrogen-bond acceptors (Lipinski definition) is 1. The maximum atomic E-state index is 2.83. The summed E-state index contributed by atoms with van der Waals surface area (Å²) in [7, 11) is 0. The molecule has 0 aromatic rings. The quantitative estimate of drug-likeness (QED) is 0.0443. The first kappa shape index (κ1) is 52.6. The molecule has 1 nitrogen and oxygen atoms in total. The molecule has 0 unspecified atom stereocenters. The number of rotatable bonds is 42. The fourth-order valence-electron chi connectivity index (χ4n) is 6.73. The molecule has 0 fully saturated rings. The molecule has 0 amide bonds. The van der Waals surface area contributed by atoms with Gasteiger partial charge in [-0.15, -0.1) is 0 Å². The summed E-state index contributed by atoms with van der Waals surface area (Å²) in [4.78, 5) is 2.83. The smallest absolute Gasteiger partial charge is 0.00187 e. The van der Waals surface area contributed by atoms with E-state index in [1.165, 1.54) is 154 Å². The lowest BCUT2D eigenvalue weighted by atomic mass is 10.1. The van der Waals surface area contributed by atoms with Crippen LogP contribution in [-0.2, 0) is 0 Å². The summed E-state index contributed by atoms with van der Waals surface area (Å²) in [5.41, 5.74) is 0. The molecule has 55 heavy (non-hydrogen) atoms. The van der Waals surface area contributed by atoms with E-state index in [1.807, 2.05) is 0 Å². The molecule has 0 atom stereocenters. The van der Waals surface area contributed by atoms with E-state index in [9.17, 15) is 0 Å². The lowest BCUT2D eigenvalue weighted by Crippen LogP contribution is -2.27. The van der Waals surface area contributed by atoms with Crippen LogP contribution in [0.1, 0.15) is 213 Å². The Kier molecular flexibility index (Phi) is 47.5. The van der Waals surface area contributed by atoms with Gasteiger partial charge < -0.3 is 4.90 Å². The molecule has 0 aliphatic heterocycles. The third-order valence-electron chi connectivity index (χ3n) is 10.1. The van der Waals surface area contributed by atoms with Crippen LogP contribution in [0.15, 0.2) is 109 Å². The molecule has 0 saturated carbocycles. The van der Waals surface area contributed by atoms with Crippen molar-refractivity contribution in [3.05, 3.63) is 109 Å². The van der Waals surface area contributed by atoms with Gasteiger partial charge in [0.15, 0.2) is 0 Å².